The molecule has 1 N–H and O–H groups in total. The monoisotopic (exact) mass is 675 g/mol. The smallest absolute Gasteiger partial charge is 0.233 e. The molecule has 0 bridgehead atoms. The Morgan fingerprint density at radius 2 is 1.59 bits per heavy atom. The van der Waals surface area contributed by atoms with Crippen molar-refractivity contribution in [2.75, 3.05) is 16.9 Å². The van der Waals surface area contributed by atoms with Crippen LogP contribution in [0.4, 0.5) is 5.69 Å². The number of nitrogens with zero attached hydrogens (tertiary/aromatic N) is 1. The number of anilines is 1. The fourth-order valence-electron chi connectivity index (χ4n) is 5.95. The molecule has 5 heteroatoms. The van der Waals surface area contributed by atoms with Crippen LogP contribution >= 0.6 is 11.8 Å². The highest BCUT2D eigenvalue weighted by molar-refractivity contribution is 7.98. The number of benzene rings is 4. The van der Waals surface area contributed by atoms with E-state index in [0.717, 1.165) is 70.7 Å². The summed E-state index contributed by atoms with van der Waals surface area (Å²) in [4.78, 5) is 15.2. The molecule has 4 nitrogen and oxygen atoms in total. The van der Waals surface area contributed by atoms with Gasteiger partial charge in [0, 0.05) is 17.0 Å². The molecule has 4 aromatic rings. The fourth-order valence-corrected chi connectivity index (χ4v) is 6.24. The van der Waals surface area contributed by atoms with Crippen LogP contribution in [0.2, 0.25) is 0 Å². The Balaban J connectivity index is 0.000000462. The molecule has 1 aliphatic rings. The Labute approximate surface area is 299 Å². The Kier molecular flexibility index (Phi) is 16.7. The van der Waals surface area contributed by atoms with Gasteiger partial charge in [-0.1, -0.05) is 156 Å². The van der Waals surface area contributed by atoms with Crippen LogP contribution < -0.4 is 9.64 Å². The number of carbonyl (C=O) groups is 1. The van der Waals surface area contributed by atoms with Gasteiger partial charge in [-0.15, -0.1) is 0 Å². The van der Waals surface area contributed by atoms with Crippen molar-refractivity contribution in [3.05, 3.63) is 162 Å². The van der Waals surface area contributed by atoms with Gasteiger partial charge in [0.05, 0.1) is 18.1 Å². The zero-order valence-electron chi connectivity index (χ0n) is 28.5. The third kappa shape index (κ3) is 10.8. The van der Waals surface area contributed by atoms with Crippen molar-refractivity contribution in [3.63, 3.8) is 0 Å². The SMILES string of the molecule is C.C=C/C=C(\C=C/CSC)c1ccc(C2C(CCC)C(=O)N2c2ccccc2)c(OCc2ccccc2)c1.CCCC(O)c1ccccc1. The number of aliphatic hydroxyl groups excluding tert-OH is 1. The highest BCUT2D eigenvalue weighted by Gasteiger charge is 2.49. The van der Waals surface area contributed by atoms with E-state index in [1.165, 1.54) is 0 Å². The highest BCUT2D eigenvalue weighted by Crippen LogP contribution is 2.48. The molecule has 0 saturated carbocycles. The van der Waals surface area contributed by atoms with Crippen LogP contribution in [-0.2, 0) is 11.4 Å². The van der Waals surface area contributed by atoms with E-state index in [4.69, 9.17) is 4.74 Å². The number of allylic oxidation sites excluding steroid dienone is 4. The van der Waals surface area contributed by atoms with Crippen molar-refractivity contribution in [1.29, 1.82) is 0 Å². The molecule has 4 aromatic carbocycles. The second-order valence-electron chi connectivity index (χ2n) is 11.8. The minimum atomic E-state index is -0.277. The molecule has 258 valence electrons. The van der Waals surface area contributed by atoms with E-state index in [1.807, 2.05) is 95.9 Å². The average Bonchev–Trinajstić information content (AvgIpc) is 3.13. The summed E-state index contributed by atoms with van der Waals surface area (Å²) in [5.41, 5.74) is 6.25. The number of rotatable bonds is 15. The number of amides is 1. The van der Waals surface area contributed by atoms with Gasteiger partial charge in [-0.2, -0.15) is 11.8 Å². The molecule has 1 fully saturated rings. The van der Waals surface area contributed by atoms with E-state index >= 15 is 0 Å². The number of hydrogen-bond donors (Lipinski definition) is 1. The van der Waals surface area contributed by atoms with E-state index in [9.17, 15) is 9.90 Å². The maximum absolute atomic E-state index is 13.3. The number of thioether (sulfide) groups is 1. The van der Waals surface area contributed by atoms with Crippen molar-refractivity contribution in [3.8, 4) is 5.75 Å². The van der Waals surface area contributed by atoms with Gasteiger partial charge in [-0.05, 0) is 59.6 Å². The zero-order chi connectivity index (χ0) is 34.1. The van der Waals surface area contributed by atoms with Gasteiger partial charge in [0.2, 0.25) is 5.91 Å². The van der Waals surface area contributed by atoms with E-state index < -0.39 is 0 Å². The van der Waals surface area contributed by atoms with Crippen molar-refractivity contribution in [1.82, 2.24) is 0 Å². The van der Waals surface area contributed by atoms with Crippen LogP contribution in [0.5, 0.6) is 5.75 Å². The molecule has 49 heavy (non-hydrogen) atoms. The lowest BCUT2D eigenvalue weighted by atomic mass is 9.78. The Morgan fingerprint density at radius 3 is 2.20 bits per heavy atom. The molecule has 3 unspecified atom stereocenters. The van der Waals surface area contributed by atoms with Gasteiger partial charge in [0.15, 0.2) is 0 Å². The van der Waals surface area contributed by atoms with Crippen molar-refractivity contribution < 1.29 is 14.6 Å². The molecular formula is C44H53NO3S. The third-order valence-electron chi connectivity index (χ3n) is 8.35. The first kappa shape index (κ1) is 39.1. The molecule has 5 rings (SSSR count). The first-order valence-corrected chi connectivity index (χ1v) is 18.3. The minimum absolute atomic E-state index is 0. The van der Waals surface area contributed by atoms with E-state index in [-0.39, 0.29) is 31.4 Å². The highest BCUT2D eigenvalue weighted by atomic mass is 32.2. The largest absolute Gasteiger partial charge is 0.489 e. The lowest BCUT2D eigenvalue weighted by molar-refractivity contribution is -0.130. The van der Waals surface area contributed by atoms with E-state index in [2.05, 4.69) is 69.2 Å². The summed E-state index contributed by atoms with van der Waals surface area (Å²) in [5, 5.41) is 9.52. The molecule has 1 aliphatic heterocycles. The molecule has 1 amide bonds. The molecule has 0 spiro atoms. The maximum Gasteiger partial charge on any atom is 0.233 e. The molecule has 1 heterocycles. The fraction of sp³-hybridized carbons (Fsp3) is 0.295. The topological polar surface area (TPSA) is 49.8 Å². The summed E-state index contributed by atoms with van der Waals surface area (Å²) in [6.45, 7) is 8.59. The van der Waals surface area contributed by atoms with Crippen molar-refractivity contribution in [2.24, 2.45) is 5.92 Å². The Bertz CT molecular complexity index is 1620. The summed E-state index contributed by atoms with van der Waals surface area (Å²) in [5.74, 6) is 1.89. The van der Waals surface area contributed by atoms with Crippen LogP contribution in [-0.4, -0.2) is 23.0 Å². The molecule has 3 atom stereocenters. The second kappa shape index (κ2) is 20.9. The Morgan fingerprint density at radius 1 is 0.939 bits per heavy atom. The predicted octanol–water partition coefficient (Wildman–Crippen LogP) is 11.4. The summed E-state index contributed by atoms with van der Waals surface area (Å²) in [6, 6.07) is 36.3. The number of β-lactam (4-membered cyclic amide) rings is 1. The molecular weight excluding hydrogens is 623 g/mol. The maximum atomic E-state index is 13.3. The molecule has 1 saturated heterocycles. The van der Waals surface area contributed by atoms with Gasteiger partial charge < -0.3 is 14.7 Å². The van der Waals surface area contributed by atoms with Gasteiger partial charge >= 0.3 is 0 Å². The van der Waals surface area contributed by atoms with Gasteiger partial charge in [0.25, 0.3) is 0 Å². The van der Waals surface area contributed by atoms with Crippen LogP contribution in [0.25, 0.3) is 5.57 Å². The van der Waals surface area contributed by atoms with Gasteiger partial charge in [0.1, 0.15) is 12.4 Å². The molecule has 0 radical (unpaired) electrons. The summed E-state index contributed by atoms with van der Waals surface area (Å²) < 4.78 is 6.50. The van der Waals surface area contributed by atoms with Crippen LogP contribution in [0.15, 0.2) is 140 Å². The normalized spacial score (nSPS) is 16.2. The van der Waals surface area contributed by atoms with Gasteiger partial charge in [-0.3, -0.25) is 4.79 Å². The van der Waals surface area contributed by atoms with Crippen LogP contribution in [0.3, 0.4) is 0 Å². The first-order valence-electron chi connectivity index (χ1n) is 16.9. The zero-order valence-corrected chi connectivity index (χ0v) is 29.3. The average molecular weight is 676 g/mol. The van der Waals surface area contributed by atoms with Crippen molar-refractivity contribution >= 4 is 28.9 Å². The number of carbonyl (C=O) groups excluding carboxylic acids is 1. The number of hydrogen-bond acceptors (Lipinski definition) is 4. The van der Waals surface area contributed by atoms with Gasteiger partial charge in [-0.25, -0.2) is 0 Å². The number of para-hydroxylation sites is 1. The van der Waals surface area contributed by atoms with E-state index in [1.54, 1.807) is 11.8 Å². The quantitative estimate of drug-likeness (QED) is 0.101. The summed E-state index contributed by atoms with van der Waals surface area (Å²) >= 11 is 1.78. The molecule has 0 aromatic heterocycles. The summed E-state index contributed by atoms with van der Waals surface area (Å²) in [7, 11) is 0. The van der Waals surface area contributed by atoms with Crippen molar-refractivity contribution in [2.45, 2.75) is 65.7 Å². The third-order valence-corrected chi connectivity index (χ3v) is 8.88. The van der Waals surface area contributed by atoms with Crippen LogP contribution in [0, 0.1) is 5.92 Å². The van der Waals surface area contributed by atoms with E-state index in [0.29, 0.717) is 6.61 Å². The lowest BCUT2D eigenvalue weighted by Gasteiger charge is -2.48. The number of aliphatic hydroxyl groups is 1. The standard InChI is InChI=1S/C33H35NO2S.C10H14O.CH4/c1-4-13-26(17-12-22-37-3)27-20-21-29(31(23-27)36-24-25-15-8-6-9-16-25)32-30(14-5-2)33(35)34(32)28-18-10-7-11-19-28;1-2-6-10(11)9-7-4-3-5-8-9;/h4,6-13,15-21,23,30,32H,1,5,14,22,24H2,2-3H3;3-5,7-8,10-11H,2,6H2,1H3;1H4/b17-12-,26-13+;;. The first-order chi connectivity index (χ1) is 23.5. The van der Waals surface area contributed by atoms with Crippen LogP contribution in [0.1, 0.15) is 81.4 Å². The predicted molar refractivity (Wildman–Crippen MR) is 211 cm³/mol. The molecule has 0 aliphatic carbocycles. The number of ether oxygens (including phenoxy) is 1. The second-order valence-corrected chi connectivity index (χ2v) is 12.8. The summed E-state index contributed by atoms with van der Waals surface area (Å²) in [6.07, 6.45) is 13.6. The Hall–Kier alpha value is -4.32. The minimum Gasteiger partial charge on any atom is -0.489 e. The lowest BCUT2D eigenvalue weighted by Crippen LogP contribution is -2.55.